The Balaban J connectivity index is 1.90. The molecule has 48 heavy (non-hydrogen) atoms. The lowest BCUT2D eigenvalue weighted by Crippen LogP contribution is -2.54. The summed E-state index contributed by atoms with van der Waals surface area (Å²) in [7, 11) is -1.52. The Morgan fingerprint density at radius 2 is 1.50 bits per heavy atom. The van der Waals surface area contributed by atoms with Gasteiger partial charge in [0, 0.05) is 40.7 Å². The Morgan fingerprint density at radius 1 is 0.854 bits per heavy atom. The number of halogens is 2. The molecule has 4 aromatic rings. The van der Waals surface area contributed by atoms with Crippen LogP contribution in [-0.4, -0.2) is 58.0 Å². The second kappa shape index (κ2) is 16.2. The Morgan fingerprint density at radius 3 is 2.08 bits per heavy atom. The number of hydrogen-bond acceptors (Lipinski definition) is 6. The van der Waals surface area contributed by atoms with Crippen LogP contribution in [0.1, 0.15) is 30.5 Å². The van der Waals surface area contributed by atoms with Crippen LogP contribution in [0.5, 0.6) is 11.5 Å². The van der Waals surface area contributed by atoms with Gasteiger partial charge in [0.25, 0.3) is 10.0 Å². The maximum Gasteiger partial charge on any atom is 0.264 e. The lowest BCUT2D eigenvalue weighted by Gasteiger charge is -2.34. The molecule has 2 amide bonds. The summed E-state index contributed by atoms with van der Waals surface area (Å²) in [5, 5.41) is 3.51. The van der Waals surface area contributed by atoms with Gasteiger partial charge >= 0.3 is 0 Å². The zero-order valence-corrected chi connectivity index (χ0v) is 29.8. The topological polar surface area (TPSA) is 105 Å². The van der Waals surface area contributed by atoms with Crippen LogP contribution in [0.15, 0.2) is 95.9 Å². The van der Waals surface area contributed by atoms with E-state index >= 15 is 0 Å². The van der Waals surface area contributed by atoms with Crippen LogP contribution in [0.2, 0.25) is 10.0 Å². The monoisotopic (exact) mass is 711 g/mol. The summed E-state index contributed by atoms with van der Waals surface area (Å²) in [6.45, 7) is 4.62. The molecule has 0 saturated heterocycles. The predicted molar refractivity (Wildman–Crippen MR) is 189 cm³/mol. The molecule has 0 saturated carbocycles. The molecule has 1 N–H and O–H groups in total. The number of rotatable bonds is 14. The summed E-state index contributed by atoms with van der Waals surface area (Å²) >= 11 is 13.2. The first-order chi connectivity index (χ1) is 22.8. The minimum atomic E-state index is -4.37. The Hall–Kier alpha value is -4.25. The number of hydrogen-bond donors (Lipinski definition) is 1. The number of methoxy groups -OCH3 is 2. The molecule has 254 valence electrons. The number of carbonyl (C=O) groups excluding carboxylic acids is 2. The standard InChI is InChI=1S/C36H39Cl2N3O6S/c1-24(2)39-36(43)33(20-26-10-7-6-8-11-26)40(22-29-30(37)12-9-13-31(29)38)35(42)23-41(32-21-27(46-4)16-19-34(32)47-5)48(44,45)28-17-14-25(3)15-18-28/h6-19,21,24,33H,20,22-23H2,1-5H3,(H,39,43). The van der Waals surface area contributed by atoms with Crippen molar-refractivity contribution in [2.75, 3.05) is 25.1 Å². The highest BCUT2D eigenvalue weighted by molar-refractivity contribution is 7.92. The van der Waals surface area contributed by atoms with E-state index in [2.05, 4.69) is 5.32 Å². The number of carbonyl (C=O) groups is 2. The highest BCUT2D eigenvalue weighted by Crippen LogP contribution is 2.36. The van der Waals surface area contributed by atoms with Crippen molar-refractivity contribution in [2.24, 2.45) is 0 Å². The zero-order chi connectivity index (χ0) is 35.0. The molecule has 1 unspecified atom stereocenters. The molecular formula is C36H39Cl2N3O6S. The van der Waals surface area contributed by atoms with E-state index < -0.39 is 34.4 Å². The van der Waals surface area contributed by atoms with Crippen molar-refractivity contribution in [3.05, 3.63) is 118 Å². The molecule has 4 aromatic carbocycles. The molecule has 0 heterocycles. The van der Waals surface area contributed by atoms with Crippen LogP contribution in [0.4, 0.5) is 5.69 Å². The third-order valence-corrected chi connectivity index (χ3v) is 10.1. The number of sulfonamides is 1. The number of amides is 2. The lowest BCUT2D eigenvalue weighted by molar-refractivity contribution is -0.140. The molecule has 0 aromatic heterocycles. The number of nitrogens with one attached hydrogen (secondary N) is 1. The minimum absolute atomic E-state index is 0.0372. The third-order valence-electron chi connectivity index (χ3n) is 7.63. The number of ether oxygens (including phenoxy) is 2. The number of benzene rings is 4. The molecular weight excluding hydrogens is 673 g/mol. The average molecular weight is 713 g/mol. The summed E-state index contributed by atoms with van der Waals surface area (Å²) < 4.78 is 40.8. The van der Waals surface area contributed by atoms with Gasteiger partial charge in [-0.3, -0.25) is 13.9 Å². The Bertz CT molecular complexity index is 1820. The van der Waals surface area contributed by atoms with E-state index in [9.17, 15) is 18.0 Å². The van der Waals surface area contributed by atoms with Crippen molar-refractivity contribution < 1.29 is 27.5 Å². The largest absolute Gasteiger partial charge is 0.497 e. The van der Waals surface area contributed by atoms with Crippen molar-refractivity contribution in [2.45, 2.75) is 50.7 Å². The van der Waals surface area contributed by atoms with E-state index in [0.717, 1.165) is 15.4 Å². The van der Waals surface area contributed by atoms with Gasteiger partial charge in [0.15, 0.2) is 0 Å². The molecule has 0 aliphatic carbocycles. The van der Waals surface area contributed by atoms with Crippen LogP contribution >= 0.6 is 23.2 Å². The number of anilines is 1. The fraction of sp³-hybridized carbons (Fsp3) is 0.278. The van der Waals surface area contributed by atoms with E-state index in [-0.39, 0.29) is 35.3 Å². The second-order valence-corrected chi connectivity index (χ2v) is 14.1. The van der Waals surface area contributed by atoms with Gasteiger partial charge < -0.3 is 19.7 Å². The van der Waals surface area contributed by atoms with Gasteiger partial charge in [0.05, 0.1) is 24.8 Å². The van der Waals surface area contributed by atoms with Gasteiger partial charge in [-0.1, -0.05) is 77.3 Å². The highest BCUT2D eigenvalue weighted by Gasteiger charge is 2.36. The summed E-state index contributed by atoms with van der Waals surface area (Å²) in [6.07, 6.45) is 0.139. The first kappa shape index (κ1) is 36.6. The Kier molecular flexibility index (Phi) is 12.4. The van der Waals surface area contributed by atoms with Gasteiger partial charge in [0.2, 0.25) is 11.8 Å². The van der Waals surface area contributed by atoms with Gasteiger partial charge in [-0.2, -0.15) is 0 Å². The number of nitrogens with zero attached hydrogens (tertiary/aromatic N) is 2. The van der Waals surface area contributed by atoms with Crippen molar-refractivity contribution >= 4 is 50.7 Å². The quantitative estimate of drug-likeness (QED) is 0.157. The predicted octanol–water partition coefficient (Wildman–Crippen LogP) is 6.68. The van der Waals surface area contributed by atoms with Crippen molar-refractivity contribution in [1.82, 2.24) is 10.2 Å². The average Bonchev–Trinajstić information content (AvgIpc) is 3.06. The third kappa shape index (κ3) is 8.80. The molecule has 0 fully saturated rings. The summed E-state index contributed by atoms with van der Waals surface area (Å²) in [6, 6.07) is 23.9. The van der Waals surface area contributed by atoms with Crippen LogP contribution in [0.3, 0.4) is 0 Å². The molecule has 0 bridgehead atoms. The fourth-order valence-corrected chi connectivity index (χ4v) is 7.06. The lowest BCUT2D eigenvalue weighted by atomic mass is 10.0. The fourth-order valence-electron chi connectivity index (χ4n) is 5.13. The SMILES string of the molecule is COc1ccc(OC)c(N(CC(=O)N(Cc2c(Cl)cccc2Cl)C(Cc2ccccc2)C(=O)NC(C)C)S(=O)(=O)c2ccc(C)cc2)c1. The molecule has 4 rings (SSSR count). The van der Waals surface area contributed by atoms with Gasteiger partial charge in [-0.05, 0) is 62.7 Å². The summed E-state index contributed by atoms with van der Waals surface area (Å²) in [5.74, 6) is -0.553. The number of aryl methyl sites for hydroxylation is 1. The highest BCUT2D eigenvalue weighted by atomic mass is 35.5. The Labute approximate surface area is 292 Å². The van der Waals surface area contributed by atoms with E-state index in [4.69, 9.17) is 32.7 Å². The van der Waals surface area contributed by atoms with Crippen LogP contribution in [-0.2, 0) is 32.6 Å². The first-order valence-electron chi connectivity index (χ1n) is 15.2. The minimum Gasteiger partial charge on any atom is -0.497 e. The van der Waals surface area contributed by atoms with Gasteiger partial charge in [0.1, 0.15) is 24.1 Å². The van der Waals surface area contributed by atoms with E-state index in [0.29, 0.717) is 21.4 Å². The maximum absolute atomic E-state index is 14.7. The maximum atomic E-state index is 14.7. The molecule has 0 aliphatic heterocycles. The van der Waals surface area contributed by atoms with Crippen LogP contribution in [0.25, 0.3) is 0 Å². The molecule has 12 heteroatoms. The van der Waals surface area contributed by atoms with Gasteiger partial charge in [-0.15, -0.1) is 0 Å². The molecule has 1 atom stereocenters. The van der Waals surface area contributed by atoms with Crippen molar-refractivity contribution in [3.63, 3.8) is 0 Å². The van der Waals surface area contributed by atoms with Crippen LogP contribution in [0, 0.1) is 6.92 Å². The molecule has 0 spiro atoms. The normalized spacial score (nSPS) is 11.9. The molecule has 0 radical (unpaired) electrons. The first-order valence-corrected chi connectivity index (χ1v) is 17.4. The van der Waals surface area contributed by atoms with E-state index in [1.165, 1.54) is 37.3 Å². The summed E-state index contributed by atoms with van der Waals surface area (Å²) in [5.41, 5.74) is 2.14. The molecule has 9 nitrogen and oxygen atoms in total. The van der Waals surface area contributed by atoms with E-state index in [1.807, 2.05) is 51.1 Å². The second-order valence-electron chi connectivity index (χ2n) is 11.5. The van der Waals surface area contributed by atoms with Crippen molar-refractivity contribution in [1.29, 1.82) is 0 Å². The van der Waals surface area contributed by atoms with Crippen LogP contribution < -0.4 is 19.1 Å². The summed E-state index contributed by atoms with van der Waals surface area (Å²) in [4.78, 5) is 30.0. The van der Waals surface area contributed by atoms with Gasteiger partial charge in [-0.25, -0.2) is 8.42 Å². The smallest absolute Gasteiger partial charge is 0.264 e. The van der Waals surface area contributed by atoms with Crippen molar-refractivity contribution in [3.8, 4) is 11.5 Å². The molecule has 0 aliphatic rings. The van der Waals surface area contributed by atoms with E-state index in [1.54, 1.807) is 42.5 Å². The zero-order valence-electron chi connectivity index (χ0n) is 27.4.